The van der Waals surface area contributed by atoms with Crippen LogP contribution in [-0.4, -0.2) is 42.3 Å². The summed E-state index contributed by atoms with van der Waals surface area (Å²) in [6.45, 7) is 0.680. The Labute approximate surface area is 198 Å². The number of benzene rings is 2. The first-order valence-corrected chi connectivity index (χ1v) is 12.1. The van der Waals surface area contributed by atoms with E-state index in [0.29, 0.717) is 25.8 Å². The van der Waals surface area contributed by atoms with Gasteiger partial charge in [-0.25, -0.2) is 4.79 Å². The van der Waals surface area contributed by atoms with Crippen molar-refractivity contribution < 1.29 is 24.2 Å². The molecule has 2 aromatic carbocycles. The van der Waals surface area contributed by atoms with Crippen LogP contribution in [0.1, 0.15) is 49.1 Å². The van der Waals surface area contributed by atoms with Gasteiger partial charge in [0.15, 0.2) is 0 Å². The Balaban J connectivity index is 1.06. The number of carbonyl (C=O) groups is 3. The van der Waals surface area contributed by atoms with Crippen LogP contribution < -0.4 is 10.6 Å². The summed E-state index contributed by atoms with van der Waals surface area (Å²) in [5, 5.41) is 15.1. The number of hydrogen-bond donors (Lipinski definition) is 3. The number of hydrogen-bond acceptors (Lipinski definition) is 4. The van der Waals surface area contributed by atoms with Gasteiger partial charge in [-0.15, -0.1) is 0 Å². The van der Waals surface area contributed by atoms with Crippen LogP contribution in [0.15, 0.2) is 48.5 Å². The lowest BCUT2D eigenvalue weighted by Gasteiger charge is -2.34. The highest BCUT2D eigenvalue weighted by molar-refractivity contribution is 5.81. The zero-order chi connectivity index (χ0) is 23.7. The molecule has 2 aromatic rings. The van der Waals surface area contributed by atoms with Gasteiger partial charge in [0.2, 0.25) is 5.91 Å². The maximum absolute atomic E-state index is 12.4. The molecule has 34 heavy (non-hydrogen) atoms. The normalized spacial score (nSPS) is 25.1. The van der Waals surface area contributed by atoms with E-state index in [1.165, 1.54) is 22.3 Å². The van der Waals surface area contributed by atoms with E-state index in [2.05, 4.69) is 34.9 Å². The highest BCUT2D eigenvalue weighted by Crippen LogP contribution is 2.44. The van der Waals surface area contributed by atoms with Gasteiger partial charge < -0.3 is 20.5 Å². The van der Waals surface area contributed by atoms with Gasteiger partial charge in [0.05, 0.1) is 5.92 Å². The van der Waals surface area contributed by atoms with Crippen molar-refractivity contribution in [3.63, 3.8) is 0 Å². The summed E-state index contributed by atoms with van der Waals surface area (Å²) in [5.74, 6) is -1.30. The lowest BCUT2D eigenvalue weighted by molar-refractivity contribution is -0.143. The Kier molecular flexibility index (Phi) is 6.26. The first-order chi connectivity index (χ1) is 16.5. The highest BCUT2D eigenvalue weighted by Gasteiger charge is 2.38. The van der Waals surface area contributed by atoms with Crippen LogP contribution in [0.25, 0.3) is 11.1 Å². The first-order valence-electron chi connectivity index (χ1n) is 12.1. The number of carboxylic acids is 1. The Morgan fingerprint density at radius 1 is 0.941 bits per heavy atom. The minimum Gasteiger partial charge on any atom is -0.481 e. The van der Waals surface area contributed by atoms with Crippen LogP contribution in [0, 0.1) is 17.8 Å². The molecular weight excluding hydrogens is 432 g/mol. The number of ether oxygens (including phenoxy) is 1. The summed E-state index contributed by atoms with van der Waals surface area (Å²) in [4.78, 5) is 36.1. The molecule has 2 unspecified atom stereocenters. The van der Waals surface area contributed by atoms with Crippen molar-refractivity contribution in [3.8, 4) is 11.1 Å². The van der Waals surface area contributed by atoms with E-state index in [1.54, 1.807) is 0 Å². The van der Waals surface area contributed by atoms with E-state index >= 15 is 0 Å². The van der Waals surface area contributed by atoms with Crippen molar-refractivity contribution in [2.75, 3.05) is 13.2 Å². The van der Waals surface area contributed by atoms with Crippen LogP contribution in [-0.2, 0) is 14.3 Å². The Morgan fingerprint density at radius 2 is 1.59 bits per heavy atom. The van der Waals surface area contributed by atoms with Crippen molar-refractivity contribution in [1.82, 2.24) is 10.6 Å². The molecule has 2 atom stereocenters. The van der Waals surface area contributed by atoms with Crippen molar-refractivity contribution in [1.29, 1.82) is 0 Å². The SMILES string of the molecule is O=C(NC1CC(C(=O)NCC2CCCC2C(=O)O)C1)OCC1c2ccccc2-c2ccccc21. The average molecular weight is 463 g/mol. The largest absolute Gasteiger partial charge is 0.481 e. The van der Waals surface area contributed by atoms with Crippen LogP contribution in [0.4, 0.5) is 4.79 Å². The molecule has 0 radical (unpaired) electrons. The van der Waals surface area contributed by atoms with E-state index < -0.39 is 12.1 Å². The predicted octanol–water partition coefficient (Wildman–Crippen LogP) is 3.92. The summed E-state index contributed by atoms with van der Waals surface area (Å²) >= 11 is 0. The van der Waals surface area contributed by atoms with Crippen molar-refractivity contribution in [2.45, 2.75) is 44.1 Å². The lowest BCUT2D eigenvalue weighted by atomic mass is 9.79. The lowest BCUT2D eigenvalue weighted by Crippen LogP contribution is -2.50. The second kappa shape index (κ2) is 9.49. The number of aliphatic carboxylic acids is 1. The molecule has 0 bridgehead atoms. The van der Waals surface area contributed by atoms with E-state index in [9.17, 15) is 19.5 Å². The topological polar surface area (TPSA) is 105 Å². The molecule has 7 heteroatoms. The molecule has 2 saturated carbocycles. The molecule has 0 heterocycles. The zero-order valence-electron chi connectivity index (χ0n) is 19.0. The van der Waals surface area contributed by atoms with E-state index in [1.807, 2.05) is 24.3 Å². The predicted molar refractivity (Wildman–Crippen MR) is 126 cm³/mol. The number of alkyl carbamates (subject to hydrolysis) is 1. The summed E-state index contributed by atoms with van der Waals surface area (Å²) in [6, 6.07) is 16.3. The smallest absolute Gasteiger partial charge is 0.407 e. The average Bonchev–Trinajstić information content (AvgIpc) is 3.41. The molecule has 0 aliphatic heterocycles. The molecule has 0 spiro atoms. The van der Waals surface area contributed by atoms with Crippen LogP contribution in [0.2, 0.25) is 0 Å². The number of carboxylic acid groups (broad SMARTS) is 1. The van der Waals surface area contributed by atoms with Crippen LogP contribution in [0.3, 0.4) is 0 Å². The van der Waals surface area contributed by atoms with E-state index in [4.69, 9.17) is 4.74 Å². The third-order valence-electron chi connectivity index (χ3n) is 7.69. The maximum atomic E-state index is 12.4. The van der Waals surface area contributed by atoms with Gasteiger partial charge in [-0.05, 0) is 53.9 Å². The van der Waals surface area contributed by atoms with Gasteiger partial charge in [0, 0.05) is 24.4 Å². The van der Waals surface area contributed by atoms with E-state index in [0.717, 1.165) is 12.8 Å². The van der Waals surface area contributed by atoms with Crippen molar-refractivity contribution in [3.05, 3.63) is 59.7 Å². The first kappa shape index (κ1) is 22.4. The number of fused-ring (bicyclic) bond motifs is 3. The Hall–Kier alpha value is -3.35. The molecule has 0 aromatic heterocycles. The molecule has 3 aliphatic carbocycles. The van der Waals surface area contributed by atoms with E-state index in [-0.39, 0.29) is 42.2 Å². The zero-order valence-corrected chi connectivity index (χ0v) is 19.0. The molecule has 2 amide bonds. The fourth-order valence-electron chi connectivity index (χ4n) is 5.74. The highest BCUT2D eigenvalue weighted by atomic mass is 16.5. The summed E-state index contributed by atoms with van der Waals surface area (Å²) in [6.07, 6.45) is 3.11. The standard InChI is InChI=1S/C27H30N2O5/c30-25(28-14-16-6-5-11-19(16)26(31)32)17-12-18(13-17)29-27(33)34-15-24-22-9-3-1-7-20(22)21-8-2-4-10-23(21)24/h1-4,7-10,16-19,24H,5-6,11-15H2,(H,28,30)(H,29,33)(H,31,32). The van der Waals surface area contributed by atoms with Gasteiger partial charge in [0.25, 0.3) is 0 Å². The Morgan fingerprint density at radius 3 is 2.24 bits per heavy atom. The molecule has 3 N–H and O–H groups in total. The van der Waals surface area contributed by atoms with Crippen molar-refractivity contribution in [2.24, 2.45) is 17.8 Å². The van der Waals surface area contributed by atoms with Crippen LogP contribution in [0.5, 0.6) is 0 Å². The molecule has 178 valence electrons. The van der Waals surface area contributed by atoms with Gasteiger partial charge in [-0.2, -0.15) is 0 Å². The molecule has 5 rings (SSSR count). The summed E-state index contributed by atoms with van der Waals surface area (Å²) in [7, 11) is 0. The summed E-state index contributed by atoms with van der Waals surface area (Å²) < 4.78 is 5.58. The second-order valence-corrected chi connectivity index (χ2v) is 9.72. The van der Waals surface area contributed by atoms with Gasteiger partial charge >= 0.3 is 12.1 Å². The molecular formula is C27H30N2O5. The van der Waals surface area contributed by atoms with Crippen molar-refractivity contribution >= 4 is 18.0 Å². The second-order valence-electron chi connectivity index (χ2n) is 9.72. The number of carbonyl (C=O) groups excluding carboxylic acids is 2. The maximum Gasteiger partial charge on any atom is 0.407 e. The van der Waals surface area contributed by atoms with Gasteiger partial charge in [-0.1, -0.05) is 55.0 Å². The molecule has 0 saturated heterocycles. The number of nitrogens with one attached hydrogen (secondary N) is 2. The summed E-state index contributed by atoms with van der Waals surface area (Å²) in [5.41, 5.74) is 4.72. The third kappa shape index (κ3) is 4.39. The number of amides is 2. The monoisotopic (exact) mass is 462 g/mol. The van der Waals surface area contributed by atoms with Gasteiger partial charge in [-0.3, -0.25) is 9.59 Å². The van der Waals surface area contributed by atoms with Crippen LogP contribution >= 0.6 is 0 Å². The minimum absolute atomic E-state index is 0.0104. The Bertz CT molecular complexity index is 1050. The van der Waals surface area contributed by atoms with Gasteiger partial charge in [0.1, 0.15) is 6.61 Å². The molecule has 7 nitrogen and oxygen atoms in total. The molecule has 2 fully saturated rings. The fourth-order valence-corrected chi connectivity index (χ4v) is 5.74. The fraction of sp³-hybridized carbons (Fsp3) is 0.444. The minimum atomic E-state index is -0.771. The third-order valence-corrected chi connectivity index (χ3v) is 7.69. The molecule has 3 aliphatic rings. The quantitative estimate of drug-likeness (QED) is 0.579. The number of rotatable bonds is 7.